The van der Waals surface area contributed by atoms with Crippen molar-refractivity contribution in [3.63, 3.8) is 0 Å². The third-order valence-corrected chi connectivity index (χ3v) is 6.98. The molecule has 1 saturated carbocycles. The van der Waals surface area contributed by atoms with Crippen LogP contribution in [0.3, 0.4) is 0 Å². The molecule has 0 aromatic carbocycles. The van der Waals surface area contributed by atoms with E-state index in [9.17, 15) is 9.59 Å². The third-order valence-electron chi connectivity index (χ3n) is 6.98. The predicted octanol–water partition coefficient (Wildman–Crippen LogP) is 3.96. The Hall–Kier alpha value is -2.05. The highest BCUT2D eigenvalue weighted by molar-refractivity contribution is 5.69. The average Bonchev–Trinajstić information content (AvgIpc) is 2.90. The normalized spacial score (nSPS) is 25.6. The topological polar surface area (TPSA) is 67.7 Å². The Morgan fingerprint density at radius 2 is 1.90 bits per heavy atom. The highest BCUT2D eigenvalue weighted by Crippen LogP contribution is 2.54. The van der Waals surface area contributed by atoms with Gasteiger partial charge in [0.05, 0.1) is 6.04 Å². The number of aromatic nitrogens is 2. The number of anilines is 1. The molecule has 1 amide bonds. The van der Waals surface area contributed by atoms with Crippen LogP contribution in [0.15, 0.2) is 6.07 Å². The summed E-state index contributed by atoms with van der Waals surface area (Å²) in [6.45, 7) is 14.7. The summed E-state index contributed by atoms with van der Waals surface area (Å²) >= 11 is 0. The highest BCUT2D eigenvalue weighted by Gasteiger charge is 2.55. The number of amides is 1. The van der Waals surface area contributed by atoms with Gasteiger partial charge in [0.15, 0.2) is 5.82 Å². The van der Waals surface area contributed by atoms with Crippen molar-refractivity contribution >= 4 is 18.2 Å². The van der Waals surface area contributed by atoms with Gasteiger partial charge in [-0.25, -0.2) is 4.79 Å². The van der Waals surface area contributed by atoms with Crippen LogP contribution in [0.1, 0.15) is 72.0 Å². The summed E-state index contributed by atoms with van der Waals surface area (Å²) in [5, 5.41) is 4.98. The molecule has 0 bridgehead atoms. The largest absolute Gasteiger partial charge is 0.444 e. The zero-order valence-corrected chi connectivity index (χ0v) is 19.3. The molecule has 4 rings (SSSR count). The maximum Gasteiger partial charge on any atom is 0.410 e. The van der Waals surface area contributed by atoms with Crippen LogP contribution in [0.4, 0.5) is 10.6 Å². The molecule has 1 atom stereocenters. The fourth-order valence-corrected chi connectivity index (χ4v) is 5.55. The lowest BCUT2D eigenvalue weighted by Crippen LogP contribution is -2.64. The zero-order chi connectivity index (χ0) is 21.9. The number of hydrogen-bond donors (Lipinski definition) is 0. The Morgan fingerprint density at radius 1 is 1.23 bits per heavy atom. The van der Waals surface area contributed by atoms with Crippen molar-refractivity contribution in [3.8, 4) is 0 Å². The van der Waals surface area contributed by atoms with Crippen LogP contribution >= 0.6 is 0 Å². The van der Waals surface area contributed by atoms with Crippen LogP contribution in [0, 0.1) is 18.3 Å². The molecule has 7 nitrogen and oxygen atoms in total. The van der Waals surface area contributed by atoms with Crippen molar-refractivity contribution in [1.29, 1.82) is 0 Å². The molecule has 7 heteroatoms. The van der Waals surface area contributed by atoms with Gasteiger partial charge in [0.1, 0.15) is 11.9 Å². The molecule has 2 saturated heterocycles. The predicted molar refractivity (Wildman–Crippen MR) is 116 cm³/mol. The van der Waals surface area contributed by atoms with Crippen LogP contribution in [0.25, 0.3) is 0 Å². The van der Waals surface area contributed by atoms with Crippen LogP contribution < -0.4 is 4.90 Å². The third kappa shape index (κ3) is 3.83. The minimum Gasteiger partial charge on any atom is -0.444 e. The summed E-state index contributed by atoms with van der Waals surface area (Å²) in [7, 11) is 0. The molecule has 1 aliphatic carbocycles. The molecule has 3 heterocycles. The molecule has 0 unspecified atom stereocenters. The molecule has 1 spiro atoms. The monoisotopic (exact) mass is 416 g/mol. The molecule has 3 aliphatic rings. The van der Waals surface area contributed by atoms with Crippen molar-refractivity contribution in [2.24, 2.45) is 11.3 Å². The molecule has 3 fully saturated rings. The van der Waals surface area contributed by atoms with E-state index in [2.05, 4.69) is 36.4 Å². The molecule has 30 heavy (non-hydrogen) atoms. The van der Waals surface area contributed by atoms with Gasteiger partial charge in [0, 0.05) is 48.3 Å². The Labute approximate surface area is 179 Å². The summed E-state index contributed by atoms with van der Waals surface area (Å²) < 4.78 is 7.66. The number of nitrogens with zero attached hydrogens (tertiary/aromatic N) is 4. The van der Waals surface area contributed by atoms with Gasteiger partial charge >= 0.3 is 6.09 Å². The van der Waals surface area contributed by atoms with Gasteiger partial charge in [0.25, 0.3) is 0 Å². The van der Waals surface area contributed by atoms with Crippen molar-refractivity contribution < 1.29 is 14.3 Å². The summed E-state index contributed by atoms with van der Waals surface area (Å²) in [6.07, 6.45) is 4.79. The SMILES string of the molecule is Cc1cc(N2CC[C@@H](C=O)CC2(C)C)nn1C1CC2(C1)CN(C(=O)OC(C)(C)C)C2. The molecule has 1 aromatic rings. The Morgan fingerprint density at radius 3 is 2.47 bits per heavy atom. The Kier molecular flexibility index (Phi) is 4.94. The number of aryl methyl sites for hydroxylation is 1. The number of aldehydes is 1. The summed E-state index contributed by atoms with van der Waals surface area (Å²) in [5.74, 6) is 1.17. The minimum atomic E-state index is -0.446. The first-order valence-corrected chi connectivity index (χ1v) is 11.2. The fraction of sp³-hybridized carbons (Fsp3) is 0.783. The number of hydrogen-bond acceptors (Lipinski definition) is 5. The second-order valence-corrected chi connectivity index (χ2v) is 11.3. The molecule has 1 aromatic heterocycles. The van der Waals surface area contributed by atoms with E-state index in [4.69, 9.17) is 9.84 Å². The van der Waals surface area contributed by atoms with E-state index in [-0.39, 0.29) is 23.0 Å². The molecule has 2 aliphatic heterocycles. The van der Waals surface area contributed by atoms with Gasteiger partial charge in [-0.2, -0.15) is 5.10 Å². The lowest BCUT2D eigenvalue weighted by atomic mass is 9.61. The Bertz CT molecular complexity index is 824. The van der Waals surface area contributed by atoms with Crippen LogP contribution in [0.5, 0.6) is 0 Å². The minimum absolute atomic E-state index is 0.0713. The summed E-state index contributed by atoms with van der Waals surface area (Å²) in [6, 6.07) is 2.58. The molecular weight excluding hydrogens is 380 g/mol. The van der Waals surface area contributed by atoms with E-state index in [1.165, 1.54) is 5.69 Å². The standard InChI is InChI=1S/C23H36N4O3/c1-16-9-19(26-8-7-17(13-28)10-22(26,5)6)24-27(16)18-11-23(12-18)14-25(15-23)20(29)30-21(2,3)4/h9,13,17-18H,7-8,10-12,14-15H2,1-6H3/t17-/m1/s1. The van der Waals surface area contributed by atoms with Crippen molar-refractivity contribution in [2.45, 2.75) is 84.4 Å². The lowest BCUT2D eigenvalue weighted by molar-refractivity contribution is -0.112. The fourth-order valence-electron chi connectivity index (χ4n) is 5.55. The van der Waals surface area contributed by atoms with Gasteiger partial charge in [-0.05, 0) is 67.2 Å². The van der Waals surface area contributed by atoms with E-state index in [1.807, 2.05) is 25.7 Å². The van der Waals surface area contributed by atoms with Crippen molar-refractivity contribution in [3.05, 3.63) is 11.8 Å². The lowest BCUT2D eigenvalue weighted by Gasteiger charge is -2.58. The number of likely N-dealkylation sites (tertiary alicyclic amines) is 1. The first-order valence-electron chi connectivity index (χ1n) is 11.2. The summed E-state index contributed by atoms with van der Waals surface area (Å²) in [4.78, 5) is 27.6. The number of ether oxygens (including phenoxy) is 1. The quantitative estimate of drug-likeness (QED) is 0.698. The molecule has 0 N–H and O–H groups in total. The van der Waals surface area contributed by atoms with E-state index >= 15 is 0 Å². The smallest absolute Gasteiger partial charge is 0.410 e. The molecule has 0 radical (unpaired) electrons. The van der Waals surface area contributed by atoms with Gasteiger partial charge in [-0.3, -0.25) is 4.68 Å². The van der Waals surface area contributed by atoms with Crippen molar-refractivity contribution in [2.75, 3.05) is 24.5 Å². The van der Waals surface area contributed by atoms with Crippen LogP contribution in [0.2, 0.25) is 0 Å². The zero-order valence-electron chi connectivity index (χ0n) is 19.3. The highest BCUT2D eigenvalue weighted by atomic mass is 16.6. The average molecular weight is 417 g/mol. The van der Waals surface area contributed by atoms with Gasteiger partial charge in [-0.1, -0.05) is 0 Å². The van der Waals surface area contributed by atoms with E-state index in [0.29, 0.717) is 6.04 Å². The second kappa shape index (κ2) is 6.99. The number of rotatable bonds is 3. The first kappa shape index (κ1) is 21.2. The van der Waals surface area contributed by atoms with E-state index < -0.39 is 5.60 Å². The van der Waals surface area contributed by atoms with E-state index in [1.54, 1.807) is 0 Å². The van der Waals surface area contributed by atoms with Gasteiger partial charge in [-0.15, -0.1) is 0 Å². The van der Waals surface area contributed by atoms with Crippen LogP contribution in [-0.4, -0.2) is 57.8 Å². The number of carbonyl (C=O) groups excluding carboxylic acids is 2. The van der Waals surface area contributed by atoms with Gasteiger partial charge in [0.2, 0.25) is 0 Å². The van der Waals surface area contributed by atoms with Crippen LogP contribution in [-0.2, 0) is 9.53 Å². The number of carbonyl (C=O) groups is 2. The molecule has 166 valence electrons. The van der Waals surface area contributed by atoms with Gasteiger partial charge < -0.3 is 19.3 Å². The summed E-state index contributed by atoms with van der Waals surface area (Å²) in [5.41, 5.74) is 0.903. The van der Waals surface area contributed by atoms with E-state index in [0.717, 1.165) is 57.4 Å². The second-order valence-electron chi connectivity index (χ2n) is 11.3. The molecular formula is C23H36N4O3. The Balaban J connectivity index is 1.36. The maximum absolute atomic E-state index is 12.2. The van der Waals surface area contributed by atoms with Crippen molar-refractivity contribution in [1.82, 2.24) is 14.7 Å². The number of piperidine rings is 1. The maximum atomic E-state index is 12.2. The first-order chi connectivity index (χ1) is 13.9.